The molecule has 1 heterocycles. The molecule has 1 unspecified atom stereocenters. The number of hydrogen-bond donors (Lipinski definition) is 4. The average molecular weight is 342 g/mol. The highest BCUT2D eigenvalue weighted by Crippen LogP contribution is 2.39. The molecule has 126 valence electrons. The van der Waals surface area contributed by atoms with Gasteiger partial charge < -0.3 is 20.3 Å². The quantitative estimate of drug-likeness (QED) is 0.591. The number of nitrogens with one attached hydrogen (secondary N) is 2. The fraction of sp³-hybridized carbons (Fsp3) is 0.500. The first kappa shape index (κ1) is 17.2. The lowest BCUT2D eigenvalue weighted by atomic mass is 10.1. The Hall–Kier alpha value is -2.13. The lowest BCUT2D eigenvalue weighted by Gasteiger charge is -2.18. The normalized spacial score (nSPS) is 15.4. The van der Waals surface area contributed by atoms with Crippen LogP contribution in [-0.4, -0.2) is 47.4 Å². The maximum atomic E-state index is 11.9. The highest BCUT2D eigenvalue weighted by Gasteiger charge is 2.31. The Kier molecular flexibility index (Phi) is 4.90. The molecule has 0 radical (unpaired) electrons. The summed E-state index contributed by atoms with van der Waals surface area (Å²) in [6, 6.07) is -0.698. The van der Waals surface area contributed by atoms with Crippen molar-refractivity contribution in [1.82, 2.24) is 5.32 Å². The molecule has 8 nitrogen and oxygen atoms in total. The number of amides is 2. The van der Waals surface area contributed by atoms with Gasteiger partial charge in [0.05, 0.1) is 19.2 Å². The number of aliphatic carboxylic acids is 1. The monoisotopic (exact) mass is 342 g/mol. The summed E-state index contributed by atoms with van der Waals surface area (Å²) in [7, 11) is 1.27. The summed E-state index contributed by atoms with van der Waals surface area (Å²) in [4.78, 5) is 35.7. The van der Waals surface area contributed by atoms with Crippen LogP contribution in [0.1, 0.15) is 34.1 Å². The van der Waals surface area contributed by atoms with Crippen LogP contribution >= 0.6 is 11.3 Å². The number of ether oxygens (including phenoxy) is 1. The summed E-state index contributed by atoms with van der Waals surface area (Å²) in [6.45, 7) is 0.613. The van der Waals surface area contributed by atoms with Crippen LogP contribution in [0, 0.1) is 0 Å². The highest BCUT2D eigenvalue weighted by atomic mass is 32.1. The van der Waals surface area contributed by atoms with Crippen molar-refractivity contribution in [2.45, 2.75) is 31.8 Å². The zero-order valence-corrected chi connectivity index (χ0v) is 13.6. The lowest BCUT2D eigenvalue weighted by molar-refractivity contribution is -0.155. The minimum atomic E-state index is -2.07. The maximum Gasteiger partial charge on any atom is 0.341 e. The molecule has 0 saturated heterocycles. The van der Waals surface area contributed by atoms with Crippen molar-refractivity contribution in [2.24, 2.45) is 0 Å². The molecule has 0 aliphatic heterocycles. The number of rotatable bonds is 5. The molecule has 0 aromatic carbocycles. The Morgan fingerprint density at radius 3 is 2.65 bits per heavy atom. The molecule has 1 aliphatic rings. The van der Waals surface area contributed by atoms with Crippen molar-refractivity contribution in [2.75, 3.05) is 19.0 Å². The zero-order valence-electron chi connectivity index (χ0n) is 12.8. The van der Waals surface area contributed by atoms with Gasteiger partial charge in [0, 0.05) is 4.88 Å². The van der Waals surface area contributed by atoms with Gasteiger partial charge in [-0.3, -0.25) is 5.32 Å². The van der Waals surface area contributed by atoms with Gasteiger partial charge in [-0.25, -0.2) is 14.4 Å². The van der Waals surface area contributed by atoms with Crippen LogP contribution < -0.4 is 10.6 Å². The first-order chi connectivity index (χ1) is 10.8. The first-order valence-corrected chi connectivity index (χ1v) is 7.81. The molecule has 23 heavy (non-hydrogen) atoms. The Bertz CT molecular complexity index is 652. The number of anilines is 1. The minimum absolute atomic E-state index is 0.352. The van der Waals surface area contributed by atoms with Gasteiger partial charge in [0.25, 0.3) is 0 Å². The lowest BCUT2D eigenvalue weighted by Crippen LogP contribution is -2.47. The van der Waals surface area contributed by atoms with E-state index in [1.165, 1.54) is 18.4 Å². The molecular weight excluding hydrogens is 324 g/mol. The molecule has 0 bridgehead atoms. The molecule has 1 aromatic rings. The fourth-order valence-electron chi connectivity index (χ4n) is 2.29. The summed E-state index contributed by atoms with van der Waals surface area (Å²) in [5, 5.41) is 23.5. The van der Waals surface area contributed by atoms with Gasteiger partial charge in [-0.15, -0.1) is 11.3 Å². The second kappa shape index (κ2) is 6.55. The number of thiophene rings is 1. The van der Waals surface area contributed by atoms with Gasteiger partial charge in [0.2, 0.25) is 0 Å². The minimum Gasteiger partial charge on any atom is -0.479 e. The van der Waals surface area contributed by atoms with Gasteiger partial charge in [-0.1, -0.05) is 0 Å². The second-order valence-electron chi connectivity index (χ2n) is 5.44. The van der Waals surface area contributed by atoms with E-state index in [1.54, 1.807) is 0 Å². The number of carbonyl (C=O) groups is 3. The average Bonchev–Trinajstić information content (AvgIpc) is 3.04. The molecular formula is C14H18N2O6S. The number of urea groups is 1. The van der Waals surface area contributed by atoms with E-state index in [9.17, 15) is 19.5 Å². The largest absolute Gasteiger partial charge is 0.479 e. The number of carboxylic acid groups (broad SMARTS) is 1. The van der Waals surface area contributed by atoms with Crippen LogP contribution in [0.5, 0.6) is 0 Å². The maximum absolute atomic E-state index is 11.9. The van der Waals surface area contributed by atoms with E-state index in [-0.39, 0.29) is 0 Å². The fourth-order valence-corrected chi connectivity index (χ4v) is 3.56. The molecule has 2 amide bonds. The standard InChI is InChI=1S/C14H18N2O6S/c1-14(21,12(18)19)6-15-13(20)16-10-9(11(17)22-2)7-4-3-5-8(7)23-10/h21H,3-6H2,1-2H3,(H,18,19)(H2,15,16,20). The molecule has 0 spiro atoms. The van der Waals surface area contributed by atoms with Crippen molar-refractivity contribution in [1.29, 1.82) is 0 Å². The predicted molar refractivity (Wildman–Crippen MR) is 83.0 cm³/mol. The Morgan fingerprint density at radius 1 is 1.35 bits per heavy atom. The smallest absolute Gasteiger partial charge is 0.341 e. The number of fused-ring (bicyclic) bond motifs is 1. The summed E-state index contributed by atoms with van der Waals surface area (Å²) in [5.41, 5.74) is -0.820. The van der Waals surface area contributed by atoms with Gasteiger partial charge >= 0.3 is 18.0 Å². The summed E-state index contributed by atoms with van der Waals surface area (Å²) in [5.74, 6) is -1.96. The van der Waals surface area contributed by atoms with E-state index in [1.807, 2.05) is 0 Å². The molecule has 1 aliphatic carbocycles. The molecule has 0 fully saturated rings. The highest BCUT2D eigenvalue weighted by molar-refractivity contribution is 7.17. The molecule has 4 N–H and O–H groups in total. The van der Waals surface area contributed by atoms with Gasteiger partial charge in [0.1, 0.15) is 5.00 Å². The van der Waals surface area contributed by atoms with E-state index in [4.69, 9.17) is 9.84 Å². The third-order valence-electron chi connectivity index (χ3n) is 3.59. The number of methoxy groups -OCH3 is 1. The topological polar surface area (TPSA) is 125 Å². The van der Waals surface area contributed by atoms with Gasteiger partial charge in [-0.05, 0) is 31.7 Å². The molecule has 1 aromatic heterocycles. The predicted octanol–water partition coefficient (Wildman–Crippen LogP) is 0.980. The molecule has 2 rings (SSSR count). The molecule has 1 atom stereocenters. The zero-order chi connectivity index (χ0) is 17.2. The van der Waals surface area contributed by atoms with Crippen LogP contribution in [-0.2, 0) is 22.4 Å². The second-order valence-corrected chi connectivity index (χ2v) is 6.54. The van der Waals surface area contributed by atoms with E-state index < -0.39 is 30.1 Å². The first-order valence-electron chi connectivity index (χ1n) is 6.99. The van der Waals surface area contributed by atoms with Crippen molar-refractivity contribution in [3.8, 4) is 0 Å². The number of carbonyl (C=O) groups excluding carboxylic acids is 2. The molecule has 9 heteroatoms. The van der Waals surface area contributed by atoms with Crippen molar-refractivity contribution in [3.05, 3.63) is 16.0 Å². The Balaban J connectivity index is 2.10. The Morgan fingerprint density at radius 2 is 2.04 bits per heavy atom. The third-order valence-corrected chi connectivity index (χ3v) is 4.80. The van der Waals surface area contributed by atoms with Crippen LogP contribution in [0.25, 0.3) is 0 Å². The number of aliphatic hydroxyl groups is 1. The molecule has 0 saturated carbocycles. The van der Waals surface area contributed by atoms with Crippen molar-refractivity contribution >= 4 is 34.3 Å². The number of aryl methyl sites for hydroxylation is 1. The van der Waals surface area contributed by atoms with E-state index in [0.717, 1.165) is 36.6 Å². The van der Waals surface area contributed by atoms with Gasteiger partial charge in [-0.2, -0.15) is 0 Å². The van der Waals surface area contributed by atoms with Crippen LogP contribution in [0.2, 0.25) is 0 Å². The van der Waals surface area contributed by atoms with Crippen LogP contribution in [0.3, 0.4) is 0 Å². The van der Waals surface area contributed by atoms with Gasteiger partial charge in [0.15, 0.2) is 5.60 Å². The van der Waals surface area contributed by atoms with Crippen molar-refractivity contribution in [3.63, 3.8) is 0 Å². The van der Waals surface area contributed by atoms with E-state index in [2.05, 4.69) is 10.6 Å². The SMILES string of the molecule is COC(=O)c1c(NC(=O)NCC(C)(O)C(=O)O)sc2c1CCC2. The summed E-state index contributed by atoms with van der Waals surface area (Å²) >= 11 is 1.31. The summed E-state index contributed by atoms with van der Waals surface area (Å²) in [6.07, 6.45) is 2.56. The third kappa shape index (κ3) is 3.62. The van der Waals surface area contributed by atoms with Crippen LogP contribution in [0.15, 0.2) is 0 Å². The number of hydrogen-bond acceptors (Lipinski definition) is 6. The van der Waals surface area contributed by atoms with E-state index >= 15 is 0 Å². The number of carboxylic acids is 1. The van der Waals surface area contributed by atoms with Crippen LogP contribution in [0.4, 0.5) is 9.80 Å². The van der Waals surface area contributed by atoms with E-state index in [0.29, 0.717) is 10.6 Å². The Labute approximate surface area is 136 Å². The number of esters is 1. The summed E-state index contributed by atoms with van der Waals surface area (Å²) < 4.78 is 4.77. The van der Waals surface area contributed by atoms with Crippen molar-refractivity contribution < 1.29 is 29.3 Å².